The molecule has 0 amide bonds. The molecule has 0 fully saturated rings. The highest BCUT2D eigenvalue weighted by Crippen LogP contribution is 2.29. The predicted molar refractivity (Wildman–Crippen MR) is 57.9 cm³/mol. The second-order valence-corrected chi connectivity index (χ2v) is 4.05. The Morgan fingerprint density at radius 2 is 2.00 bits per heavy atom. The second-order valence-electron chi connectivity index (χ2n) is 2.66. The van der Waals surface area contributed by atoms with Gasteiger partial charge in [-0.1, -0.05) is 41.9 Å². The van der Waals surface area contributed by atoms with E-state index >= 15 is 0 Å². The molecule has 70 valence electrons. The largest absolute Gasteiger partial charge is 0.297 e. The van der Waals surface area contributed by atoms with Crippen LogP contribution in [-0.2, 0) is 0 Å². The molecule has 2 nitrogen and oxygen atoms in total. The van der Waals surface area contributed by atoms with Gasteiger partial charge in [-0.25, -0.2) is 4.98 Å². The lowest BCUT2D eigenvalue weighted by atomic mass is 10.2. The van der Waals surface area contributed by atoms with Crippen molar-refractivity contribution in [1.82, 2.24) is 4.98 Å². The number of aromatic nitrogens is 1. The van der Waals surface area contributed by atoms with Gasteiger partial charge in [0.2, 0.25) is 0 Å². The number of aldehydes is 1. The molecule has 0 saturated carbocycles. The number of hydrogen-bond acceptors (Lipinski definition) is 3. The molecule has 0 bridgehead atoms. The highest BCUT2D eigenvalue weighted by atomic mass is 35.5. The molecule has 4 heteroatoms. The first-order valence-corrected chi connectivity index (χ1v) is 5.17. The Balaban J connectivity index is 2.48. The fourth-order valence-electron chi connectivity index (χ4n) is 1.09. The Bertz CT molecular complexity index is 452. The molecule has 0 radical (unpaired) electrons. The summed E-state index contributed by atoms with van der Waals surface area (Å²) in [6.07, 6.45) is 0.729. The van der Waals surface area contributed by atoms with Crippen molar-refractivity contribution in [3.63, 3.8) is 0 Å². The van der Waals surface area contributed by atoms with Gasteiger partial charge in [0.25, 0.3) is 0 Å². The number of carbonyl (C=O) groups is 1. The molecule has 0 atom stereocenters. The molecular weight excluding hydrogens is 218 g/mol. The first-order chi connectivity index (χ1) is 6.81. The van der Waals surface area contributed by atoms with E-state index in [-0.39, 0.29) is 5.15 Å². The van der Waals surface area contributed by atoms with Gasteiger partial charge in [-0.2, -0.15) is 0 Å². The molecule has 0 aliphatic heterocycles. The van der Waals surface area contributed by atoms with Crippen molar-refractivity contribution in [3.05, 3.63) is 40.4 Å². The molecule has 14 heavy (non-hydrogen) atoms. The van der Waals surface area contributed by atoms with Crippen molar-refractivity contribution in [2.45, 2.75) is 0 Å². The third-order valence-corrected chi connectivity index (χ3v) is 3.17. The van der Waals surface area contributed by atoms with Crippen molar-refractivity contribution in [2.75, 3.05) is 0 Å². The van der Waals surface area contributed by atoms with E-state index in [4.69, 9.17) is 11.6 Å². The van der Waals surface area contributed by atoms with E-state index in [1.807, 2.05) is 30.3 Å². The van der Waals surface area contributed by atoms with E-state index in [0.717, 1.165) is 16.9 Å². The third-order valence-electron chi connectivity index (χ3n) is 1.74. The van der Waals surface area contributed by atoms with Crippen LogP contribution in [0.2, 0.25) is 5.15 Å². The summed E-state index contributed by atoms with van der Waals surface area (Å²) in [4.78, 5) is 15.1. The van der Waals surface area contributed by atoms with Gasteiger partial charge in [0, 0.05) is 5.56 Å². The number of thiazole rings is 1. The Labute approximate surface area is 90.2 Å². The van der Waals surface area contributed by atoms with Crippen LogP contribution < -0.4 is 0 Å². The Morgan fingerprint density at radius 1 is 1.29 bits per heavy atom. The molecule has 2 aromatic rings. The van der Waals surface area contributed by atoms with Crippen molar-refractivity contribution in [1.29, 1.82) is 0 Å². The van der Waals surface area contributed by atoms with E-state index < -0.39 is 0 Å². The second kappa shape index (κ2) is 3.90. The number of nitrogens with zero attached hydrogens (tertiary/aromatic N) is 1. The summed E-state index contributed by atoms with van der Waals surface area (Å²) in [5.41, 5.74) is 0.979. The van der Waals surface area contributed by atoms with Crippen molar-refractivity contribution in [3.8, 4) is 10.6 Å². The van der Waals surface area contributed by atoms with Crippen molar-refractivity contribution in [2.24, 2.45) is 0 Å². The zero-order valence-electron chi connectivity index (χ0n) is 7.11. The summed E-state index contributed by atoms with van der Waals surface area (Å²) < 4.78 is 0. The lowest BCUT2D eigenvalue weighted by Gasteiger charge is -1.92. The van der Waals surface area contributed by atoms with Gasteiger partial charge in [-0.05, 0) is 0 Å². The molecule has 0 aliphatic carbocycles. The van der Waals surface area contributed by atoms with Gasteiger partial charge in [-0.15, -0.1) is 11.3 Å². The monoisotopic (exact) mass is 223 g/mol. The van der Waals surface area contributed by atoms with E-state index in [1.165, 1.54) is 11.3 Å². The SMILES string of the molecule is O=Cc1sc(-c2ccccc2)nc1Cl. The molecule has 1 aromatic carbocycles. The van der Waals surface area contributed by atoms with Crippen LogP contribution in [0.1, 0.15) is 9.67 Å². The molecule has 0 saturated heterocycles. The van der Waals surface area contributed by atoms with Gasteiger partial charge in [0.05, 0.1) is 0 Å². The maximum absolute atomic E-state index is 10.6. The smallest absolute Gasteiger partial charge is 0.163 e. The van der Waals surface area contributed by atoms with Crippen LogP contribution in [0.15, 0.2) is 30.3 Å². The van der Waals surface area contributed by atoms with E-state index in [2.05, 4.69) is 4.98 Å². The number of halogens is 1. The van der Waals surface area contributed by atoms with Gasteiger partial charge in [0.15, 0.2) is 11.4 Å². The van der Waals surface area contributed by atoms with E-state index in [9.17, 15) is 4.79 Å². The molecule has 0 spiro atoms. The topological polar surface area (TPSA) is 30.0 Å². The Morgan fingerprint density at radius 3 is 2.57 bits per heavy atom. The van der Waals surface area contributed by atoms with Gasteiger partial charge in [0.1, 0.15) is 9.88 Å². The van der Waals surface area contributed by atoms with Crippen LogP contribution in [0.3, 0.4) is 0 Å². The van der Waals surface area contributed by atoms with Crippen LogP contribution in [0.4, 0.5) is 0 Å². The number of hydrogen-bond donors (Lipinski definition) is 0. The average molecular weight is 224 g/mol. The lowest BCUT2D eigenvalue weighted by Crippen LogP contribution is -1.73. The summed E-state index contributed by atoms with van der Waals surface area (Å²) >= 11 is 7.06. The molecule has 2 rings (SSSR count). The zero-order valence-corrected chi connectivity index (χ0v) is 8.68. The highest BCUT2D eigenvalue weighted by Gasteiger charge is 2.09. The third kappa shape index (κ3) is 1.69. The normalized spacial score (nSPS) is 10.1. The zero-order chi connectivity index (χ0) is 9.97. The first kappa shape index (κ1) is 9.37. The fraction of sp³-hybridized carbons (Fsp3) is 0. The maximum Gasteiger partial charge on any atom is 0.163 e. The number of rotatable bonds is 2. The Kier molecular flexibility index (Phi) is 2.61. The molecule has 0 unspecified atom stereocenters. The summed E-state index contributed by atoms with van der Waals surface area (Å²) in [5.74, 6) is 0. The van der Waals surface area contributed by atoms with Crippen molar-refractivity contribution < 1.29 is 4.79 Å². The minimum Gasteiger partial charge on any atom is -0.297 e. The summed E-state index contributed by atoms with van der Waals surface area (Å²) in [6.45, 7) is 0. The average Bonchev–Trinajstić information content (AvgIpc) is 2.61. The van der Waals surface area contributed by atoms with Crippen LogP contribution in [0.5, 0.6) is 0 Å². The lowest BCUT2D eigenvalue weighted by molar-refractivity contribution is 0.112. The van der Waals surface area contributed by atoms with Crippen LogP contribution in [-0.4, -0.2) is 11.3 Å². The molecule has 0 N–H and O–H groups in total. The summed E-state index contributed by atoms with van der Waals surface area (Å²) in [6, 6.07) is 9.64. The van der Waals surface area contributed by atoms with E-state index in [1.54, 1.807) is 0 Å². The maximum atomic E-state index is 10.6. The predicted octanol–water partition coefficient (Wildman–Crippen LogP) is 3.28. The minimum atomic E-state index is 0.281. The molecular formula is C10H6ClNOS. The van der Waals surface area contributed by atoms with Gasteiger partial charge in [-0.3, -0.25) is 4.79 Å². The highest BCUT2D eigenvalue weighted by molar-refractivity contribution is 7.17. The summed E-state index contributed by atoms with van der Waals surface area (Å²) in [5, 5.41) is 1.06. The first-order valence-electron chi connectivity index (χ1n) is 3.98. The van der Waals surface area contributed by atoms with Gasteiger partial charge >= 0.3 is 0 Å². The van der Waals surface area contributed by atoms with Gasteiger partial charge < -0.3 is 0 Å². The number of benzene rings is 1. The van der Waals surface area contributed by atoms with E-state index in [0.29, 0.717) is 4.88 Å². The van der Waals surface area contributed by atoms with Crippen LogP contribution >= 0.6 is 22.9 Å². The minimum absolute atomic E-state index is 0.281. The summed E-state index contributed by atoms with van der Waals surface area (Å²) in [7, 11) is 0. The molecule has 0 aliphatic rings. The van der Waals surface area contributed by atoms with Crippen molar-refractivity contribution >= 4 is 29.2 Å². The van der Waals surface area contributed by atoms with Crippen LogP contribution in [0.25, 0.3) is 10.6 Å². The number of carbonyl (C=O) groups excluding carboxylic acids is 1. The molecule has 1 aromatic heterocycles. The molecule has 1 heterocycles. The fourth-order valence-corrected chi connectivity index (χ4v) is 2.16. The Hall–Kier alpha value is -1.19. The van der Waals surface area contributed by atoms with Crippen LogP contribution in [0, 0.1) is 0 Å². The standard InChI is InChI=1S/C10H6ClNOS/c11-9-8(6-13)14-10(12-9)7-4-2-1-3-5-7/h1-6H. The quantitative estimate of drug-likeness (QED) is 0.732.